The molecule has 5 rings (SSSR count). The van der Waals surface area contributed by atoms with Gasteiger partial charge in [-0.15, -0.1) is 6.58 Å². The highest BCUT2D eigenvalue weighted by Crippen LogP contribution is 2.40. The van der Waals surface area contributed by atoms with E-state index in [4.69, 9.17) is 26.1 Å². The van der Waals surface area contributed by atoms with E-state index in [-0.39, 0.29) is 5.91 Å². The van der Waals surface area contributed by atoms with Gasteiger partial charge in [-0.2, -0.15) is 0 Å². The Labute approximate surface area is 275 Å². The van der Waals surface area contributed by atoms with Crippen molar-refractivity contribution in [2.45, 2.75) is 46.6 Å². The first-order valence-electron chi connectivity index (χ1n) is 15.2. The van der Waals surface area contributed by atoms with E-state index in [2.05, 4.69) is 44.7 Å². The molecule has 1 aliphatic rings. The number of carbonyl (C=O) groups is 1. The molecule has 4 aromatic carbocycles. The molecule has 5 nitrogen and oxygen atoms in total. The van der Waals surface area contributed by atoms with E-state index in [0.717, 1.165) is 40.9 Å². The van der Waals surface area contributed by atoms with Crippen molar-refractivity contribution in [1.29, 1.82) is 0 Å². The Morgan fingerprint density at radius 1 is 0.889 bits per heavy atom. The van der Waals surface area contributed by atoms with Crippen molar-refractivity contribution in [3.63, 3.8) is 0 Å². The molecule has 1 heterocycles. The molecule has 0 aromatic heterocycles. The Morgan fingerprint density at radius 3 is 2.22 bits per heavy atom. The van der Waals surface area contributed by atoms with Gasteiger partial charge in [0, 0.05) is 16.1 Å². The molecule has 0 atom stereocenters. The monoisotopic (exact) mass is 636 g/mol. The summed E-state index contributed by atoms with van der Waals surface area (Å²) in [4.78, 5) is 21.2. The zero-order chi connectivity index (χ0) is 31.8. The van der Waals surface area contributed by atoms with Crippen molar-refractivity contribution in [3.05, 3.63) is 135 Å². The van der Waals surface area contributed by atoms with Crippen molar-refractivity contribution in [2.75, 3.05) is 11.5 Å². The normalized spacial score (nSPS) is 14.8. The first-order valence-corrected chi connectivity index (χ1v) is 16.4. The number of aliphatic imine (C=N–C) groups is 1. The van der Waals surface area contributed by atoms with E-state index in [1.54, 1.807) is 4.90 Å². The molecule has 1 saturated heterocycles. The number of carbonyl (C=O) groups excluding carboxylic acids is 1. The molecule has 7 heteroatoms. The summed E-state index contributed by atoms with van der Waals surface area (Å²) in [6, 6.07) is 27.8. The van der Waals surface area contributed by atoms with Crippen LogP contribution in [0.1, 0.15) is 48.6 Å². The highest BCUT2D eigenvalue weighted by molar-refractivity contribution is 8.19. The van der Waals surface area contributed by atoms with Crippen LogP contribution in [0.15, 0.2) is 107 Å². The predicted octanol–water partition coefficient (Wildman–Crippen LogP) is 9.98. The number of aryl methyl sites for hydroxylation is 2. The molecule has 0 spiro atoms. The highest BCUT2D eigenvalue weighted by atomic mass is 35.5. The summed E-state index contributed by atoms with van der Waals surface area (Å²) in [6.45, 7) is 10.9. The largest absolute Gasteiger partial charge is 0.490 e. The number of amidine groups is 1. The molecule has 0 saturated carbocycles. The van der Waals surface area contributed by atoms with Gasteiger partial charge >= 0.3 is 0 Å². The summed E-state index contributed by atoms with van der Waals surface area (Å²) in [5, 5.41) is 1.25. The van der Waals surface area contributed by atoms with Crippen molar-refractivity contribution in [3.8, 4) is 11.5 Å². The molecule has 0 radical (unpaired) electrons. The van der Waals surface area contributed by atoms with Gasteiger partial charge in [-0.3, -0.25) is 9.69 Å². The van der Waals surface area contributed by atoms with E-state index in [9.17, 15) is 4.79 Å². The number of amides is 1. The van der Waals surface area contributed by atoms with E-state index in [1.807, 2.05) is 79.7 Å². The molecule has 230 valence electrons. The third-order valence-corrected chi connectivity index (χ3v) is 8.76. The number of allylic oxidation sites excluding steroid dienone is 1. The van der Waals surface area contributed by atoms with Crippen LogP contribution < -0.4 is 14.4 Å². The Bertz CT molecular complexity index is 1730. The fourth-order valence-electron chi connectivity index (χ4n) is 4.99. The van der Waals surface area contributed by atoms with Gasteiger partial charge in [-0.1, -0.05) is 74.0 Å². The van der Waals surface area contributed by atoms with Crippen LogP contribution in [-0.2, 0) is 30.7 Å². The van der Waals surface area contributed by atoms with Gasteiger partial charge in [0.1, 0.15) is 6.61 Å². The number of halogens is 1. The second-order valence-electron chi connectivity index (χ2n) is 10.5. The quantitative estimate of drug-likeness (QED) is 0.115. The van der Waals surface area contributed by atoms with E-state index >= 15 is 0 Å². The first-order chi connectivity index (χ1) is 21.9. The Kier molecular flexibility index (Phi) is 10.8. The van der Waals surface area contributed by atoms with Crippen LogP contribution in [0.3, 0.4) is 0 Å². The third-order valence-electron chi connectivity index (χ3n) is 7.42. The number of benzene rings is 4. The topological polar surface area (TPSA) is 51.1 Å². The van der Waals surface area contributed by atoms with E-state index in [1.165, 1.54) is 22.9 Å². The minimum Gasteiger partial charge on any atom is -0.490 e. The Balaban J connectivity index is 1.53. The van der Waals surface area contributed by atoms with Crippen LogP contribution in [0.5, 0.6) is 11.5 Å². The van der Waals surface area contributed by atoms with Crippen molar-refractivity contribution >= 4 is 51.9 Å². The summed E-state index contributed by atoms with van der Waals surface area (Å²) in [6.07, 6.45) is 6.17. The zero-order valence-corrected chi connectivity index (χ0v) is 27.5. The van der Waals surface area contributed by atoms with Gasteiger partial charge in [0.05, 0.1) is 22.9 Å². The van der Waals surface area contributed by atoms with Crippen molar-refractivity contribution in [2.24, 2.45) is 4.99 Å². The summed E-state index contributed by atoms with van der Waals surface area (Å²) in [5.74, 6) is 1.11. The molecular weight excluding hydrogens is 600 g/mol. The number of thioether (sulfide) groups is 1. The number of hydrogen-bond donors (Lipinski definition) is 0. The predicted molar refractivity (Wildman–Crippen MR) is 189 cm³/mol. The highest BCUT2D eigenvalue weighted by Gasteiger charge is 2.35. The zero-order valence-electron chi connectivity index (χ0n) is 25.9. The van der Waals surface area contributed by atoms with Gasteiger partial charge < -0.3 is 9.47 Å². The summed E-state index contributed by atoms with van der Waals surface area (Å²) < 4.78 is 12.4. The first kappa shape index (κ1) is 32.1. The molecule has 0 unspecified atom stereocenters. The summed E-state index contributed by atoms with van der Waals surface area (Å²) in [5.41, 5.74) is 6.63. The number of nitrogens with zero attached hydrogens (tertiary/aromatic N) is 2. The number of rotatable bonds is 12. The second kappa shape index (κ2) is 15.2. The number of anilines is 1. The fraction of sp³-hybridized carbons (Fsp3) is 0.211. The Hall–Kier alpha value is -4.26. The maximum absolute atomic E-state index is 14.0. The maximum atomic E-state index is 14.0. The van der Waals surface area contributed by atoms with Crippen molar-refractivity contribution in [1.82, 2.24) is 0 Å². The molecule has 0 aliphatic carbocycles. The smallest absolute Gasteiger partial charge is 0.271 e. The van der Waals surface area contributed by atoms with Crippen LogP contribution in [0.2, 0.25) is 5.02 Å². The molecule has 1 aliphatic heterocycles. The van der Waals surface area contributed by atoms with Gasteiger partial charge in [0.15, 0.2) is 16.7 Å². The SMILES string of the molecule is C=CCc1cc(/C=C2\SC(=Nc3ccc(CC)cc3)N(c3ccc(CC)cc3)C2=O)cc(OCC)c1OCc1ccccc1Cl. The lowest BCUT2D eigenvalue weighted by atomic mass is 10.0. The maximum Gasteiger partial charge on any atom is 0.271 e. The minimum atomic E-state index is -0.129. The standard InChI is InChI=1S/C38H37ClN2O3S/c1-5-11-29-22-28(23-34(43-8-4)36(29)44-25-30-12-9-10-13-33(30)39)24-35-37(42)41(32-20-16-27(7-3)17-21-32)38(45-35)40-31-18-14-26(6-2)15-19-31/h5,9-10,12-24H,1,6-8,11,25H2,2-4H3/b35-24-,40-38?. The van der Waals surface area contributed by atoms with Gasteiger partial charge in [-0.25, -0.2) is 4.99 Å². The lowest BCUT2D eigenvalue weighted by molar-refractivity contribution is -0.113. The van der Waals surface area contributed by atoms with Crippen molar-refractivity contribution < 1.29 is 14.3 Å². The Morgan fingerprint density at radius 2 is 1.58 bits per heavy atom. The molecule has 1 fully saturated rings. The number of hydrogen-bond acceptors (Lipinski definition) is 5. The molecule has 1 amide bonds. The fourth-order valence-corrected chi connectivity index (χ4v) is 6.18. The van der Waals surface area contributed by atoms with Crippen LogP contribution in [-0.4, -0.2) is 17.7 Å². The summed E-state index contributed by atoms with van der Waals surface area (Å²) >= 11 is 7.75. The number of ether oxygens (including phenoxy) is 2. The average Bonchev–Trinajstić information content (AvgIpc) is 3.35. The van der Waals surface area contributed by atoms with Gasteiger partial charge in [0.25, 0.3) is 5.91 Å². The second-order valence-corrected chi connectivity index (χ2v) is 11.9. The lowest BCUT2D eigenvalue weighted by Gasteiger charge is -2.17. The molecule has 0 bridgehead atoms. The molecule has 0 N–H and O–H groups in total. The van der Waals surface area contributed by atoms with E-state index in [0.29, 0.717) is 46.2 Å². The van der Waals surface area contributed by atoms with E-state index < -0.39 is 0 Å². The van der Waals surface area contributed by atoms with Crippen LogP contribution in [0.25, 0.3) is 6.08 Å². The average molecular weight is 637 g/mol. The van der Waals surface area contributed by atoms with Crippen LogP contribution in [0.4, 0.5) is 11.4 Å². The molecule has 45 heavy (non-hydrogen) atoms. The van der Waals surface area contributed by atoms with Crippen LogP contribution >= 0.6 is 23.4 Å². The third kappa shape index (κ3) is 7.70. The molecule has 4 aromatic rings. The molecular formula is C38H37ClN2O3S. The van der Waals surface area contributed by atoms with Gasteiger partial charge in [-0.05, 0) is 103 Å². The van der Waals surface area contributed by atoms with Gasteiger partial charge in [0.2, 0.25) is 0 Å². The lowest BCUT2D eigenvalue weighted by Crippen LogP contribution is -2.28. The minimum absolute atomic E-state index is 0.129. The van der Waals surface area contributed by atoms with Crippen LogP contribution in [0, 0.1) is 0 Å². The summed E-state index contributed by atoms with van der Waals surface area (Å²) in [7, 11) is 0.